The van der Waals surface area contributed by atoms with Gasteiger partial charge < -0.3 is 9.47 Å². The number of morpholine rings is 1. The minimum Gasteiger partial charge on any atom is -0.494 e. The van der Waals surface area contributed by atoms with Gasteiger partial charge in [-0.2, -0.15) is 5.10 Å². The summed E-state index contributed by atoms with van der Waals surface area (Å²) < 4.78 is 13.1. The van der Waals surface area contributed by atoms with E-state index in [4.69, 9.17) is 26.1 Å². The highest BCUT2D eigenvalue weighted by Gasteiger charge is 2.23. The molecule has 1 aliphatic rings. The first kappa shape index (κ1) is 23.7. The number of nitrogens with zero attached hydrogens (tertiary/aromatic N) is 6. The molecule has 0 bridgehead atoms. The molecule has 3 heterocycles. The minimum atomic E-state index is -0.100. The first-order valence-electron chi connectivity index (χ1n) is 9.71. The number of thiazole rings is 1. The van der Waals surface area contributed by atoms with E-state index in [1.165, 1.54) is 28.7 Å². The summed E-state index contributed by atoms with van der Waals surface area (Å²) in [6, 6.07) is 3.57. The molecule has 1 aliphatic heterocycles. The molecule has 168 valence electrons. The first-order valence-corrected chi connectivity index (χ1v) is 10.9. The predicted octanol–water partition coefficient (Wildman–Crippen LogP) is 2.73. The fourth-order valence-corrected chi connectivity index (χ4v) is 4.66. The van der Waals surface area contributed by atoms with Crippen LogP contribution in [0.2, 0.25) is 5.02 Å². The molecule has 0 N–H and O–H groups in total. The zero-order chi connectivity index (χ0) is 20.9. The van der Waals surface area contributed by atoms with Crippen LogP contribution in [-0.4, -0.2) is 77.1 Å². The van der Waals surface area contributed by atoms with Gasteiger partial charge in [0.25, 0.3) is 5.91 Å². The quantitative estimate of drug-likeness (QED) is 0.483. The van der Waals surface area contributed by atoms with Crippen molar-refractivity contribution in [2.24, 2.45) is 0 Å². The summed E-state index contributed by atoms with van der Waals surface area (Å²) >= 11 is 7.77. The molecule has 9 nitrogen and oxygen atoms in total. The van der Waals surface area contributed by atoms with Gasteiger partial charge in [-0.25, -0.2) is 14.6 Å². The molecule has 1 aromatic carbocycles. The number of ether oxygens (including phenoxy) is 2. The molecule has 2 aromatic heterocycles. The highest BCUT2D eigenvalue weighted by Crippen LogP contribution is 2.38. The Kier molecular flexibility index (Phi) is 8.44. The second-order valence-electron chi connectivity index (χ2n) is 6.87. The van der Waals surface area contributed by atoms with Crippen molar-refractivity contribution in [3.05, 3.63) is 29.8 Å². The van der Waals surface area contributed by atoms with Crippen LogP contribution in [0.1, 0.15) is 6.42 Å². The average molecular weight is 487 g/mol. The van der Waals surface area contributed by atoms with E-state index < -0.39 is 0 Å². The molecule has 1 fully saturated rings. The van der Waals surface area contributed by atoms with E-state index in [1.807, 2.05) is 0 Å². The van der Waals surface area contributed by atoms with Crippen LogP contribution in [-0.2, 0) is 16.1 Å². The topological polar surface area (TPSA) is 85.6 Å². The lowest BCUT2D eigenvalue weighted by molar-refractivity contribution is -0.119. The Morgan fingerprint density at radius 1 is 1.35 bits per heavy atom. The zero-order valence-corrected chi connectivity index (χ0v) is 19.5. The molecule has 31 heavy (non-hydrogen) atoms. The number of amides is 1. The van der Waals surface area contributed by atoms with E-state index in [-0.39, 0.29) is 24.9 Å². The van der Waals surface area contributed by atoms with Gasteiger partial charge in [0.2, 0.25) is 0 Å². The molecule has 0 unspecified atom stereocenters. The van der Waals surface area contributed by atoms with Crippen LogP contribution in [0.15, 0.2) is 24.8 Å². The molecular formula is C19H24Cl2N6O3S. The Hall–Kier alpha value is -1.98. The molecule has 0 spiro atoms. The maximum atomic E-state index is 13.1. The lowest BCUT2D eigenvalue weighted by atomic mass is 10.3. The molecule has 3 aromatic rings. The van der Waals surface area contributed by atoms with E-state index in [1.54, 1.807) is 24.1 Å². The van der Waals surface area contributed by atoms with Crippen molar-refractivity contribution < 1.29 is 14.3 Å². The molecule has 4 rings (SSSR count). The van der Waals surface area contributed by atoms with Crippen LogP contribution in [0, 0.1) is 0 Å². The van der Waals surface area contributed by atoms with Crippen molar-refractivity contribution in [2.45, 2.75) is 13.0 Å². The molecule has 0 aliphatic carbocycles. The standard InChI is InChI=1S/C19H23ClN6O3S.ClH/c1-28-15-4-3-14(20)18-17(15)23-19(30-18)26(16(27)11-25-13-21-12-22-25)6-2-5-24-7-9-29-10-8-24;/h3-4,12-13H,2,5-11H2,1H3;1H. The monoisotopic (exact) mass is 486 g/mol. The van der Waals surface area contributed by atoms with Crippen molar-refractivity contribution in [3.8, 4) is 5.75 Å². The number of fused-ring (bicyclic) bond motifs is 1. The van der Waals surface area contributed by atoms with Crippen LogP contribution in [0.25, 0.3) is 10.2 Å². The maximum Gasteiger partial charge on any atom is 0.250 e. The molecule has 0 saturated carbocycles. The largest absolute Gasteiger partial charge is 0.494 e. The number of carbonyl (C=O) groups is 1. The zero-order valence-electron chi connectivity index (χ0n) is 17.1. The van der Waals surface area contributed by atoms with E-state index in [0.29, 0.717) is 28.0 Å². The number of halogens is 2. The van der Waals surface area contributed by atoms with Gasteiger partial charge in [0.05, 0.1) is 30.0 Å². The van der Waals surface area contributed by atoms with Gasteiger partial charge >= 0.3 is 0 Å². The summed E-state index contributed by atoms with van der Waals surface area (Å²) in [6.45, 7) is 4.88. The first-order chi connectivity index (χ1) is 14.7. The second-order valence-corrected chi connectivity index (χ2v) is 8.25. The number of aromatic nitrogens is 4. The Balaban J connectivity index is 0.00000272. The van der Waals surface area contributed by atoms with Gasteiger partial charge in [-0.15, -0.1) is 12.4 Å². The Labute approximate surface area is 195 Å². The molecule has 0 radical (unpaired) electrons. The van der Waals surface area contributed by atoms with Crippen molar-refractivity contribution >= 4 is 56.6 Å². The van der Waals surface area contributed by atoms with Crippen LogP contribution in [0.3, 0.4) is 0 Å². The van der Waals surface area contributed by atoms with E-state index in [2.05, 4.69) is 15.0 Å². The van der Waals surface area contributed by atoms with Crippen molar-refractivity contribution in [3.63, 3.8) is 0 Å². The SMILES string of the molecule is COc1ccc(Cl)c2sc(N(CCCN3CCOCC3)C(=O)Cn3cncn3)nc12.Cl. The minimum absolute atomic E-state index is 0. The highest BCUT2D eigenvalue weighted by atomic mass is 35.5. The third-order valence-electron chi connectivity index (χ3n) is 4.92. The third-order valence-corrected chi connectivity index (χ3v) is 6.46. The van der Waals surface area contributed by atoms with Crippen LogP contribution < -0.4 is 9.64 Å². The average Bonchev–Trinajstić information content (AvgIpc) is 3.43. The Morgan fingerprint density at radius 2 is 2.16 bits per heavy atom. The van der Waals surface area contributed by atoms with Crippen molar-refractivity contribution in [1.82, 2.24) is 24.6 Å². The summed E-state index contributed by atoms with van der Waals surface area (Å²) in [7, 11) is 1.59. The van der Waals surface area contributed by atoms with Crippen LogP contribution >= 0.6 is 35.3 Å². The lowest BCUT2D eigenvalue weighted by Crippen LogP contribution is -2.40. The summed E-state index contributed by atoms with van der Waals surface area (Å²) in [5, 5.41) is 5.24. The fraction of sp³-hybridized carbons (Fsp3) is 0.474. The summed E-state index contributed by atoms with van der Waals surface area (Å²) in [4.78, 5) is 25.8. The molecule has 1 amide bonds. The number of anilines is 1. The van der Waals surface area contributed by atoms with Gasteiger partial charge in [0.15, 0.2) is 5.13 Å². The van der Waals surface area contributed by atoms with Gasteiger partial charge in [-0.1, -0.05) is 22.9 Å². The van der Waals surface area contributed by atoms with Crippen LogP contribution in [0.5, 0.6) is 5.75 Å². The fourth-order valence-electron chi connectivity index (χ4n) is 3.36. The number of rotatable bonds is 8. The maximum absolute atomic E-state index is 13.1. The molecule has 12 heteroatoms. The van der Waals surface area contributed by atoms with Crippen molar-refractivity contribution in [2.75, 3.05) is 51.4 Å². The van der Waals surface area contributed by atoms with Crippen molar-refractivity contribution in [1.29, 1.82) is 0 Å². The van der Waals surface area contributed by atoms with E-state index in [0.717, 1.165) is 44.0 Å². The third kappa shape index (κ3) is 5.64. The number of hydrogen-bond donors (Lipinski definition) is 0. The number of benzene rings is 1. The normalized spacial score (nSPS) is 14.4. The Morgan fingerprint density at radius 3 is 2.87 bits per heavy atom. The lowest BCUT2D eigenvalue weighted by Gasteiger charge is -2.27. The van der Waals surface area contributed by atoms with E-state index in [9.17, 15) is 4.79 Å². The molecule has 0 atom stereocenters. The Bertz CT molecular complexity index is 994. The van der Waals surface area contributed by atoms with Gasteiger partial charge in [0, 0.05) is 26.2 Å². The molecular weight excluding hydrogens is 463 g/mol. The predicted molar refractivity (Wildman–Crippen MR) is 123 cm³/mol. The van der Waals surface area contributed by atoms with Gasteiger partial charge in [0.1, 0.15) is 30.5 Å². The smallest absolute Gasteiger partial charge is 0.250 e. The van der Waals surface area contributed by atoms with Gasteiger partial charge in [-0.3, -0.25) is 14.6 Å². The van der Waals surface area contributed by atoms with Gasteiger partial charge in [-0.05, 0) is 18.6 Å². The molecule has 1 saturated heterocycles. The summed E-state index contributed by atoms with van der Waals surface area (Å²) in [6.07, 6.45) is 3.77. The van der Waals surface area contributed by atoms with Crippen LogP contribution in [0.4, 0.5) is 5.13 Å². The summed E-state index contributed by atoms with van der Waals surface area (Å²) in [5.74, 6) is 0.533. The summed E-state index contributed by atoms with van der Waals surface area (Å²) in [5.41, 5.74) is 0.664. The second kappa shape index (κ2) is 11.1. The highest BCUT2D eigenvalue weighted by molar-refractivity contribution is 7.23. The van der Waals surface area contributed by atoms with E-state index >= 15 is 0 Å². The number of hydrogen-bond acceptors (Lipinski definition) is 8. The number of carbonyl (C=O) groups excluding carboxylic acids is 1. The number of methoxy groups -OCH3 is 1.